The third kappa shape index (κ3) is 2.59. The van der Waals surface area contributed by atoms with Crippen molar-refractivity contribution in [3.63, 3.8) is 0 Å². The highest BCUT2D eigenvalue weighted by molar-refractivity contribution is 5.84. The van der Waals surface area contributed by atoms with Crippen molar-refractivity contribution in [2.75, 3.05) is 14.2 Å². The Kier molecular flexibility index (Phi) is 3.55. The summed E-state index contributed by atoms with van der Waals surface area (Å²) in [5.74, 6) is 0.333. The molecule has 2 aromatic rings. The van der Waals surface area contributed by atoms with Crippen molar-refractivity contribution in [2.24, 2.45) is 0 Å². The summed E-state index contributed by atoms with van der Waals surface area (Å²) in [6.45, 7) is 1.80. The molecular weight excluding hydrogens is 246 g/mol. The van der Waals surface area contributed by atoms with Gasteiger partial charge in [0, 0.05) is 17.1 Å². The smallest absolute Gasteiger partial charge is 0.307 e. The Morgan fingerprint density at radius 2 is 1.84 bits per heavy atom. The Morgan fingerprint density at radius 1 is 1.21 bits per heavy atom. The summed E-state index contributed by atoms with van der Waals surface area (Å²) in [5, 5.41) is 9.71. The van der Waals surface area contributed by atoms with Crippen LogP contribution in [0.15, 0.2) is 18.2 Å². The predicted octanol–water partition coefficient (Wildman–Crippen LogP) is 2.19. The van der Waals surface area contributed by atoms with Gasteiger partial charge in [-0.2, -0.15) is 0 Å². The third-order valence-electron chi connectivity index (χ3n) is 2.96. The van der Waals surface area contributed by atoms with E-state index in [1.165, 1.54) is 0 Å². The Hall–Kier alpha value is -2.30. The van der Waals surface area contributed by atoms with Gasteiger partial charge in [0.05, 0.1) is 26.2 Å². The van der Waals surface area contributed by atoms with Crippen LogP contribution in [0.1, 0.15) is 11.3 Å². The molecule has 0 aliphatic heterocycles. The average Bonchev–Trinajstić information content (AvgIpc) is 2.37. The summed E-state index contributed by atoms with van der Waals surface area (Å²) in [6, 6.07) is 5.41. The van der Waals surface area contributed by atoms with Crippen LogP contribution in [0.25, 0.3) is 10.9 Å². The average molecular weight is 261 g/mol. The number of hydrogen-bond donors (Lipinski definition) is 1. The second-order valence-corrected chi connectivity index (χ2v) is 4.20. The summed E-state index contributed by atoms with van der Waals surface area (Å²) >= 11 is 0. The first kappa shape index (κ1) is 13.1. The van der Waals surface area contributed by atoms with Gasteiger partial charge in [0.2, 0.25) is 0 Å². The number of ether oxygens (including phenoxy) is 2. The fourth-order valence-electron chi connectivity index (χ4n) is 1.98. The minimum Gasteiger partial charge on any atom is -0.493 e. The quantitative estimate of drug-likeness (QED) is 0.913. The first-order chi connectivity index (χ1) is 9.05. The van der Waals surface area contributed by atoms with Gasteiger partial charge in [-0.15, -0.1) is 0 Å². The fourth-order valence-corrected chi connectivity index (χ4v) is 1.98. The van der Waals surface area contributed by atoms with Crippen LogP contribution in [0.3, 0.4) is 0 Å². The standard InChI is InChI=1S/C14H15NO4/c1-8-9(6-14(16)17)4-10-5-12(18-2)13(19-3)7-11(10)15-8/h4-5,7H,6H2,1-3H3,(H,16,17). The van der Waals surface area contributed by atoms with E-state index in [1.54, 1.807) is 33.3 Å². The van der Waals surface area contributed by atoms with E-state index in [0.29, 0.717) is 22.8 Å². The van der Waals surface area contributed by atoms with Gasteiger partial charge >= 0.3 is 5.97 Å². The molecule has 0 unspecified atom stereocenters. The summed E-state index contributed by atoms with van der Waals surface area (Å²) in [7, 11) is 3.12. The van der Waals surface area contributed by atoms with Crippen LogP contribution in [-0.4, -0.2) is 30.3 Å². The van der Waals surface area contributed by atoms with E-state index < -0.39 is 5.97 Å². The SMILES string of the molecule is COc1cc2cc(CC(=O)O)c(C)nc2cc1OC. The monoisotopic (exact) mass is 261 g/mol. The molecule has 0 saturated carbocycles. The molecule has 0 aliphatic carbocycles. The molecule has 100 valence electrons. The second kappa shape index (κ2) is 5.14. The summed E-state index contributed by atoms with van der Waals surface area (Å²) in [6.07, 6.45) is -0.0386. The molecule has 0 aliphatic rings. The Morgan fingerprint density at radius 3 is 2.42 bits per heavy atom. The maximum atomic E-state index is 10.8. The zero-order valence-electron chi connectivity index (χ0n) is 11.1. The molecule has 0 atom stereocenters. The Bertz CT molecular complexity index is 637. The number of methoxy groups -OCH3 is 2. The van der Waals surface area contributed by atoms with E-state index in [2.05, 4.69) is 4.98 Å². The molecule has 0 saturated heterocycles. The van der Waals surface area contributed by atoms with Crippen molar-refractivity contribution in [1.29, 1.82) is 0 Å². The van der Waals surface area contributed by atoms with Crippen LogP contribution in [0.4, 0.5) is 0 Å². The van der Waals surface area contributed by atoms with E-state index in [0.717, 1.165) is 10.9 Å². The molecule has 5 heteroatoms. The molecule has 5 nitrogen and oxygen atoms in total. The van der Waals surface area contributed by atoms with Gasteiger partial charge in [0.25, 0.3) is 0 Å². The Balaban J connectivity index is 2.61. The zero-order valence-corrected chi connectivity index (χ0v) is 11.1. The summed E-state index contributed by atoms with van der Waals surface area (Å²) in [5.41, 5.74) is 2.17. The molecule has 1 heterocycles. The van der Waals surface area contributed by atoms with Crippen molar-refractivity contribution in [3.05, 3.63) is 29.5 Å². The van der Waals surface area contributed by atoms with E-state index in [1.807, 2.05) is 6.07 Å². The Labute approximate surface area is 110 Å². The number of benzene rings is 1. The van der Waals surface area contributed by atoms with Gasteiger partial charge in [0.15, 0.2) is 11.5 Å². The minimum atomic E-state index is -0.871. The van der Waals surface area contributed by atoms with Crippen molar-refractivity contribution < 1.29 is 19.4 Å². The van der Waals surface area contributed by atoms with Crippen LogP contribution in [0.2, 0.25) is 0 Å². The molecule has 1 aromatic heterocycles. The van der Waals surface area contributed by atoms with E-state index in [9.17, 15) is 4.79 Å². The number of aryl methyl sites for hydroxylation is 1. The minimum absolute atomic E-state index is 0.0386. The lowest BCUT2D eigenvalue weighted by Gasteiger charge is -2.10. The number of carbonyl (C=O) groups is 1. The predicted molar refractivity (Wildman–Crippen MR) is 70.9 cm³/mol. The second-order valence-electron chi connectivity index (χ2n) is 4.20. The highest BCUT2D eigenvalue weighted by atomic mass is 16.5. The van der Waals surface area contributed by atoms with Crippen molar-refractivity contribution in [2.45, 2.75) is 13.3 Å². The molecule has 0 fully saturated rings. The topological polar surface area (TPSA) is 68.7 Å². The van der Waals surface area contributed by atoms with Crippen LogP contribution in [-0.2, 0) is 11.2 Å². The maximum absolute atomic E-state index is 10.8. The number of pyridine rings is 1. The van der Waals surface area contributed by atoms with Crippen LogP contribution in [0.5, 0.6) is 11.5 Å². The summed E-state index contributed by atoms with van der Waals surface area (Å²) in [4.78, 5) is 15.2. The van der Waals surface area contributed by atoms with Crippen molar-refractivity contribution in [1.82, 2.24) is 4.98 Å². The molecule has 0 radical (unpaired) electrons. The first-order valence-corrected chi connectivity index (χ1v) is 5.79. The number of nitrogens with zero attached hydrogens (tertiary/aromatic N) is 1. The number of fused-ring (bicyclic) bond motifs is 1. The molecule has 0 amide bonds. The first-order valence-electron chi connectivity index (χ1n) is 5.79. The number of rotatable bonds is 4. The van der Waals surface area contributed by atoms with Gasteiger partial charge in [-0.25, -0.2) is 0 Å². The lowest BCUT2D eigenvalue weighted by Crippen LogP contribution is -2.03. The number of aliphatic carboxylic acids is 1. The van der Waals surface area contributed by atoms with Gasteiger partial charge in [0.1, 0.15) is 0 Å². The van der Waals surface area contributed by atoms with Crippen molar-refractivity contribution in [3.8, 4) is 11.5 Å². The molecule has 2 rings (SSSR count). The molecule has 19 heavy (non-hydrogen) atoms. The number of hydrogen-bond acceptors (Lipinski definition) is 4. The highest BCUT2D eigenvalue weighted by Gasteiger charge is 2.11. The van der Waals surface area contributed by atoms with Gasteiger partial charge < -0.3 is 14.6 Å². The molecular formula is C14H15NO4. The highest BCUT2D eigenvalue weighted by Crippen LogP contribution is 2.32. The molecule has 0 spiro atoms. The summed E-state index contributed by atoms with van der Waals surface area (Å²) < 4.78 is 10.4. The van der Waals surface area contributed by atoms with Crippen LogP contribution in [0, 0.1) is 6.92 Å². The molecule has 1 aromatic carbocycles. The zero-order chi connectivity index (χ0) is 14.0. The van der Waals surface area contributed by atoms with Crippen molar-refractivity contribution >= 4 is 16.9 Å². The fraction of sp³-hybridized carbons (Fsp3) is 0.286. The van der Waals surface area contributed by atoms with E-state index >= 15 is 0 Å². The van der Waals surface area contributed by atoms with E-state index in [-0.39, 0.29) is 6.42 Å². The van der Waals surface area contributed by atoms with Crippen LogP contribution < -0.4 is 9.47 Å². The number of carboxylic acid groups (broad SMARTS) is 1. The molecule has 0 bridgehead atoms. The maximum Gasteiger partial charge on any atom is 0.307 e. The lowest BCUT2D eigenvalue weighted by molar-refractivity contribution is -0.136. The van der Waals surface area contributed by atoms with Gasteiger partial charge in [-0.05, 0) is 24.6 Å². The van der Waals surface area contributed by atoms with Gasteiger partial charge in [-0.1, -0.05) is 0 Å². The number of aromatic nitrogens is 1. The largest absolute Gasteiger partial charge is 0.493 e. The van der Waals surface area contributed by atoms with E-state index in [4.69, 9.17) is 14.6 Å². The molecule has 1 N–H and O–H groups in total. The lowest BCUT2D eigenvalue weighted by atomic mass is 10.1. The normalized spacial score (nSPS) is 10.5. The van der Waals surface area contributed by atoms with Gasteiger partial charge in [-0.3, -0.25) is 9.78 Å². The third-order valence-corrected chi connectivity index (χ3v) is 2.96. The number of carboxylic acids is 1. The van der Waals surface area contributed by atoms with Crippen LogP contribution >= 0.6 is 0 Å².